The van der Waals surface area contributed by atoms with Crippen molar-refractivity contribution in [2.75, 3.05) is 7.05 Å². The van der Waals surface area contributed by atoms with Gasteiger partial charge in [0.05, 0.1) is 27.6 Å². The Morgan fingerprint density at radius 2 is 1.31 bits per heavy atom. The van der Waals surface area contributed by atoms with Gasteiger partial charge >= 0.3 is 0 Å². The highest BCUT2D eigenvalue weighted by Gasteiger charge is 2.22. The van der Waals surface area contributed by atoms with E-state index in [1.807, 2.05) is 12.2 Å². The Balaban J connectivity index is 1.48. The molecule has 8 aromatic rings. The van der Waals surface area contributed by atoms with Gasteiger partial charge in [0, 0.05) is 57.1 Å². The van der Waals surface area contributed by atoms with Crippen LogP contribution >= 0.6 is 0 Å². The fraction of sp³-hybridized carbons (Fsp3) is 0.0976. The van der Waals surface area contributed by atoms with Crippen LogP contribution < -0.4 is 0 Å². The van der Waals surface area contributed by atoms with Crippen molar-refractivity contribution in [2.24, 2.45) is 4.99 Å². The molecule has 0 aliphatic heterocycles. The highest BCUT2D eigenvalue weighted by Crippen LogP contribution is 2.42. The summed E-state index contributed by atoms with van der Waals surface area (Å²) in [7, 11) is 1.79. The number of allylic oxidation sites excluding steroid dienone is 4. The Bertz CT molecular complexity index is 2530. The summed E-state index contributed by atoms with van der Waals surface area (Å²) in [6.45, 7) is 6.66. The highest BCUT2D eigenvalue weighted by molar-refractivity contribution is 6.20. The lowest BCUT2D eigenvalue weighted by molar-refractivity contribution is 0.719. The van der Waals surface area contributed by atoms with Gasteiger partial charge in [0.15, 0.2) is 0 Å². The fourth-order valence-corrected chi connectivity index (χ4v) is 7.13. The monoisotopic (exact) mass is 582 g/mol. The molecule has 0 atom stereocenters. The van der Waals surface area contributed by atoms with E-state index in [1.54, 1.807) is 13.3 Å². The van der Waals surface area contributed by atoms with Crippen LogP contribution in [-0.4, -0.2) is 27.2 Å². The van der Waals surface area contributed by atoms with Crippen molar-refractivity contribution in [3.05, 3.63) is 144 Å². The largest absolute Gasteiger partial charge is 0.309 e. The predicted molar refractivity (Wildman–Crippen MR) is 193 cm³/mol. The number of hydrogen-bond acceptors (Lipinski definition) is 1. The molecule has 0 aliphatic carbocycles. The number of hydrogen-bond donors (Lipinski definition) is 0. The third-order valence-corrected chi connectivity index (χ3v) is 9.12. The molecule has 0 bridgehead atoms. The van der Waals surface area contributed by atoms with E-state index >= 15 is 0 Å². The zero-order valence-corrected chi connectivity index (χ0v) is 26.0. The molecular formula is C41H34N4. The lowest BCUT2D eigenvalue weighted by Crippen LogP contribution is -2.11. The van der Waals surface area contributed by atoms with Gasteiger partial charge in [-0.2, -0.15) is 0 Å². The molecule has 0 spiro atoms. The molecular weight excluding hydrogens is 548 g/mol. The van der Waals surface area contributed by atoms with Crippen molar-refractivity contribution in [3.8, 4) is 5.69 Å². The normalized spacial score (nSPS) is 12.8. The average molecular weight is 583 g/mol. The van der Waals surface area contributed by atoms with E-state index in [9.17, 15) is 0 Å². The predicted octanol–water partition coefficient (Wildman–Crippen LogP) is 10.4. The minimum absolute atomic E-state index is 1.15. The number of aliphatic imine (C=N–C) groups is 1. The molecule has 0 aliphatic rings. The van der Waals surface area contributed by atoms with Crippen LogP contribution in [0, 0.1) is 13.8 Å². The summed E-state index contributed by atoms with van der Waals surface area (Å²) >= 11 is 0. The Morgan fingerprint density at radius 1 is 0.622 bits per heavy atom. The van der Waals surface area contributed by atoms with Crippen LogP contribution in [-0.2, 0) is 0 Å². The van der Waals surface area contributed by atoms with Gasteiger partial charge in [-0.25, -0.2) is 4.68 Å². The van der Waals surface area contributed by atoms with Crippen LogP contribution in [0.3, 0.4) is 0 Å². The summed E-state index contributed by atoms with van der Waals surface area (Å²) in [6.07, 6.45) is 7.95. The maximum absolute atomic E-state index is 4.05. The van der Waals surface area contributed by atoms with E-state index < -0.39 is 0 Å². The van der Waals surface area contributed by atoms with Gasteiger partial charge in [0.1, 0.15) is 0 Å². The minimum atomic E-state index is 1.15. The molecule has 0 fully saturated rings. The van der Waals surface area contributed by atoms with Gasteiger partial charge < -0.3 is 4.57 Å². The number of aryl methyl sites for hydroxylation is 2. The molecule has 3 aromatic heterocycles. The Hall–Kier alpha value is -5.61. The van der Waals surface area contributed by atoms with Crippen LogP contribution in [0.15, 0.2) is 132 Å². The van der Waals surface area contributed by atoms with E-state index in [4.69, 9.17) is 0 Å². The molecule has 0 saturated heterocycles. The highest BCUT2D eigenvalue weighted by atomic mass is 15.5. The summed E-state index contributed by atoms with van der Waals surface area (Å²) in [6, 6.07) is 39.9. The first-order valence-corrected chi connectivity index (χ1v) is 15.5. The van der Waals surface area contributed by atoms with Gasteiger partial charge in [-0.3, -0.25) is 9.67 Å². The second-order valence-corrected chi connectivity index (χ2v) is 11.8. The Labute approximate surface area is 262 Å². The number of benzene rings is 5. The topological polar surface area (TPSA) is 27.1 Å². The summed E-state index contributed by atoms with van der Waals surface area (Å²) < 4.78 is 7.28. The van der Waals surface area contributed by atoms with Crippen LogP contribution in [0.25, 0.3) is 65.8 Å². The Morgan fingerprint density at radius 3 is 2.11 bits per heavy atom. The molecule has 3 heterocycles. The van der Waals surface area contributed by atoms with Crippen molar-refractivity contribution in [3.63, 3.8) is 0 Å². The zero-order valence-electron chi connectivity index (χ0n) is 26.0. The van der Waals surface area contributed by atoms with Crippen molar-refractivity contribution in [1.29, 1.82) is 0 Å². The zero-order chi connectivity index (χ0) is 30.7. The molecule has 5 aromatic carbocycles. The second kappa shape index (κ2) is 10.5. The van der Waals surface area contributed by atoms with Crippen LogP contribution in [0.1, 0.15) is 23.7 Å². The van der Waals surface area contributed by atoms with Crippen molar-refractivity contribution in [2.45, 2.75) is 20.8 Å². The maximum Gasteiger partial charge on any atom is 0.0766 e. The van der Waals surface area contributed by atoms with Gasteiger partial charge in [-0.15, -0.1) is 0 Å². The quantitative estimate of drug-likeness (QED) is 0.143. The summed E-state index contributed by atoms with van der Waals surface area (Å²) in [5, 5.41) is 6.30. The van der Waals surface area contributed by atoms with Gasteiger partial charge in [0.2, 0.25) is 0 Å². The molecule has 45 heavy (non-hydrogen) atoms. The molecule has 0 N–H and O–H groups in total. The lowest BCUT2D eigenvalue weighted by atomic mass is 10.0. The maximum atomic E-state index is 4.05. The first-order chi connectivity index (χ1) is 22.1. The number of para-hydroxylation sites is 3. The van der Waals surface area contributed by atoms with Crippen molar-refractivity contribution >= 4 is 66.3 Å². The number of rotatable bonds is 5. The van der Waals surface area contributed by atoms with Crippen molar-refractivity contribution in [1.82, 2.24) is 13.9 Å². The molecule has 8 rings (SSSR count). The first kappa shape index (κ1) is 27.0. The summed E-state index contributed by atoms with van der Waals surface area (Å²) in [5.41, 5.74) is 12.1. The van der Waals surface area contributed by atoms with E-state index in [0.717, 1.165) is 5.69 Å². The number of fused-ring (bicyclic) bond motifs is 7. The number of aromatic nitrogens is 3. The van der Waals surface area contributed by atoms with Gasteiger partial charge in [-0.05, 0) is 80.4 Å². The minimum Gasteiger partial charge on any atom is -0.309 e. The molecule has 4 heteroatoms. The lowest BCUT2D eigenvalue weighted by Gasteiger charge is -2.16. The first-order valence-electron chi connectivity index (χ1n) is 15.5. The Kier molecular flexibility index (Phi) is 6.31. The molecule has 0 radical (unpaired) electrons. The fourth-order valence-electron chi connectivity index (χ4n) is 7.13. The van der Waals surface area contributed by atoms with Crippen LogP contribution in [0.4, 0.5) is 0 Å². The van der Waals surface area contributed by atoms with Crippen molar-refractivity contribution < 1.29 is 0 Å². The average Bonchev–Trinajstić information content (AvgIpc) is 3.70. The molecule has 0 unspecified atom stereocenters. The summed E-state index contributed by atoms with van der Waals surface area (Å²) in [5.74, 6) is 0. The van der Waals surface area contributed by atoms with Gasteiger partial charge in [-0.1, -0.05) is 78.9 Å². The molecule has 4 nitrogen and oxygen atoms in total. The van der Waals surface area contributed by atoms with Gasteiger partial charge in [0.25, 0.3) is 0 Å². The summed E-state index contributed by atoms with van der Waals surface area (Å²) in [4.78, 5) is 4.05. The van der Waals surface area contributed by atoms with E-state index in [2.05, 4.69) is 155 Å². The standard InChI is InChI=1S/C41H34N4/c1-27(14-11-12-23-42-4)30-16-13-17-32(25-30)43-38-21-9-6-18-33(38)35-26-36-34-19-7-10-22-39(34)45(41(36)29(3)40(35)43)44-28(2)24-31-15-5-8-20-37(31)44/h5-26H,1-4H3/b12-11-,27-14+,42-23?. The SMILES string of the molecule is CN=C/C=C\C=C(/C)c1cccc(-n2c3ccccc3c3cc4c5ccccc5n(-n5c(C)cc6ccccc65)c4c(C)c32)c1. The van der Waals surface area contributed by atoms with Crippen LogP contribution in [0.2, 0.25) is 0 Å². The van der Waals surface area contributed by atoms with E-state index in [-0.39, 0.29) is 0 Å². The van der Waals surface area contributed by atoms with E-state index in [0.29, 0.717) is 0 Å². The number of nitrogens with zero attached hydrogens (tertiary/aromatic N) is 4. The third-order valence-electron chi connectivity index (χ3n) is 9.12. The van der Waals surface area contributed by atoms with Crippen LogP contribution in [0.5, 0.6) is 0 Å². The molecule has 0 amide bonds. The molecule has 0 saturated carbocycles. The molecule has 218 valence electrons. The van der Waals surface area contributed by atoms with E-state index in [1.165, 1.54) is 76.9 Å². The smallest absolute Gasteiger partial charge is 0.0766 e. The third kappa shape index (κ3) is 4.10. The second-order valence-electron chi connectivity index (χ2n) is 11.8.